The van der Waals surface area contributed by atoms with E-state index < -0.39 is 11.6 Å². The van der Waals surface area contributed by atoms with Crippen molar-refractivity contribution in [2.24, 2.45) is 0 Å². The first-order chi connectivity index (χ1) is 6.15. The van der Waals surface area contributed by atoms with E-state index in [0.29, 0.717) is 12.0 Å². The Bertz CT molecular complexity index is 305. The highest BCUT2D eigenvalue weighted by molar-refractivity contribution is 5.24. The molecule has 0 unspecified atom stereocenters. The van der Waals surface area contributed by atoms with Gasteiger partial charge in [0, 0.05) is 0 Å². The SMILES string of the molecule is C=C[C](C)Cc1cccc(F)c1F. The monoisotopic (exact) mass is 181 g/mol. The molecule has 0 aliphatic rings. The lowest BCUT2D eigenvalue weighted by molar-refractivity contribution is 0.499. The van der Waals surface area contributed by atoms with Crippen molar-refractivity contribution in [2.45, 2.75) is 13.3 Å². The summed E-state index contributed by atoms with van der Waals surface area (Å²) in [5.74, 6) is -0.637. The minimum absolute atomic E-state index is 0.373. The first-order valence-electron chi connectivity index (χ1n) is 4.03. The zero-order chi connectivity index (χ0) is 9.84. The molecule has 0 aliphatic carbocycles. The van der Waals surface area contributed by atoms with Gasteiger partial charge in [0.25, 0.3) is 0 Å². The van der Waals surface area contributed by atoms with Crippen LogP contribution in [0.2, 0.25) is 0 Å². The Hall–Kier alpha value is -1.18. The molecule has 0 saturated carbocycles. The topological polar surface area (TPSA) is 0 Å². The van der Waals surface area contributed by atoms with E-state index in [-0.39, 0.29) is 0 Å². The molecule has 0 heterocycles. The fourth-order valence-electron chi connectivity index (χ4n) is 1.06. The quantitative estimate of drug-likeness (QED) is 0.671. The van der Waals surface area contributed by atoms with Crippen LogP contribution in [-0.4, -0.2) is 0 Å². The van der Waals surface area contributed by atoms with Crippen molar-refractivity contribution in [1.29, 1.82) is 0 Å². The Morgan fingerprint density at radius 3 is 2.77 bits per heavy atom. The molecule has 1 aromatic carbocycles. The van der Waals surface area contributed by atoms with Gasteiger partial charge in [-0.1, -0.05) is 25.1 Å². The maximum absolute atomic E-state index is 13.1. The van der Waals surface area contributed by atoms with Gasteiger partial charge in [-0.2, -0.15) is 0 Å². The summed E-state index contributed by atoms with van der Waals surface area (Å²) in [7, 11) is 0. The van der Waals surface area contributed by atoms with Gasteiger partial charge in [-0.3, -0.25) is 0 Å². The summed E-state index contributed by atoms with van der Waals surface area (Å²) in [5.41, 5.74) is 0.373. The van der Waals surface area contributed by atoms with Gasteiger partial charge >= 0.3 is 0 Å². The van der Waals surface area contributed by atoms with E-state index in [4.69, 9.17) is 0 Å². The molecule has 0 aromatic heterocycles. The van der Waals surface area contributed by atoms with Crippen molar-refractivity contribution >= 4 is 0 Å². The Morgan fingerprint density at radius 1 is 1.46 bits per heavy atom. The zero-order valence-electron chi connectivity index (χ0n) is 7.48. The summed E-state index contributed by atoms with van der Waals surface area (Å²) >= 11 is 0. The van der Waals surface area contributed by atoms with Gasteiger partial charge in [-0.25, -0.2) is 8.78 Å². The molecule has 0 atom stereocenters. The molecule has 0 nitrogen and oxygen atoms in total. The molecule has 0 amide bonds. The molecular formula is C11H11F2. The Labute approximate surface area is 76.9 Å². The van der Waals surface area contributed by atoms with E-state index in [0.717, 1.165) is 12.0 Å². The van der Waals surface area contributed by atoms with Crippen molar-refractivity contribution in [1.82, 2.24) is 0 Å². The van der Waals surface area contributed by atoms with Crippen LogP contribution in [0.3, 0.4) is 0 Å². The van der Waals surface area contributed by atoms with Gasteiger partial charge in [0.15, 0.2) is 11.6 Å². The maximum atomic E-state index is 13.1. The highest BCUT2D eigenvalue weighted by Crippen LogP contribution is 2.16. The minimum Gasteiger partial charge on any atom is -0.204 e. The number of allylic oxidation sites excluding steroid dienone is 1. The molecule has 69 valence electrons. The van der Waals surface area contributed by atoms with E-state index in [9.17, 15) is 8.78 Å². The minimum atomic E-state index is -0.797. The lowest BCUT2D eigenvalue weighted by atomic mass is 10.0. The molecule has 1 aromatic rings. The van der Waals surface area contributed by atoms with Crippen LogP contribution >= 0.6 is 0 Å². The van der Waals surface area contributed by atoms with Gasteiger partial charge in [-0.05, 0) is 24.0 Å². The van der Waals surface area contributed by atoms with Gasteiger partial charge in [0.05, 0.1) is 0 Å². The van der Waals surface area contributed by atoms with Gasteiger partial charge in [0.1, 0.15) is 0 Å². The fraction of sp³-hybridized carbons (Fsp3) is 0.182. The molecule has 1 rings (SSSR count). The van der Waals surface area contributed by atoms with Crippen LogP contribution in [0.25, 0.3) is 0 Å². The third kappa shape index (κ3) is 2.38. The van der Waals surface area contributed by atoms with Crippen molar-refractivity contribution < 1.29 is 8.78 Å². The van der Waals surface area contributed by atoms with E-state index in [1.807, 2.05) is 6.92 Å². The summed E-state index contributed by atoms with van der Waals surface area (Å²) in [4.78, 5) is 0. The van der Waals surface area contributed by atoms with Crippen molar-refractivity contribution in [3.05, 3.63) is 54.0 Å². The van der Waals surface area contributed by atoms with Gasteiger partial charge in [0.2, 0.25) is 0 Å². The highest BCUT2D eigenvalue weighted by Gasteiger charge is 2.09. The molecule has 0 saturated heterocycles. The summed E-state index contributed by atoms with van der Waals surface area (Å²) in [6, 6.07) is 4.19. The largest absolute Gasteiger partial charge is 0.204 e. The highest BCUT2D eigenvalue weighted by atomic mass is 19.2. The summed E-state index contributed by atoms with van der Waals surface area (Å²) in [6.45, 7) is 5.39. The van der Waals surface area contributed by atoms with Crippen LogP contribution in [0.4, 0.5) is 8.78 Å². The standard InChI is InChI=1S/C11H11F2/c1-3-8(2)7-9-5-4-6-10(12)11(9)13/h3-6H,1,7H2,2H3. The number of halogens is 2. The molecule has 0 fully saturated rings. The lowest BCUT2D eigenvalue weighted by Crippen LogP contribution is -1.98. The number of hydrogen-bond donors (Lipinski definition) is 0. The smallest absolute Gasteiger partial charge is 0.162 e. The van der Waals surface area contributed by atoms with E-state index in [2.05, 4.69) is 6.58 Å². The zero-order valence-corrected chi connectivity index (χ0v) is 7.48. The van der Waals surface area contributed by atoms with Crippen LogP contribution in [0, 0.1) is 17.6 Å². The van der Waals surface area contributed by atoms with Gasteiger partial charge in [-0.15, -0.1) is 6.58 Å². The van der Waals surface area contributed by atoms with E-state index in [1.54, 1.807) is 12.1 Å². The van der Waals surface area contributed by atoms with Crippen molar-refractivity contribution in [3.63, 3.8) is 0 Å². The molecule has 0 N–H and O–H groups in total. The van der Waals surface area contributed by atoms with Crippen LogP contribution < -0.4 is 0 Å². The first-order valence-corrected chi connectivity index (χ1v) is 4.03. The first kappa shape index (κ1) is 9.90. The second kappa shape index (κ2) is 4.17. The van der Waals surface area contributed by atoms with E-state index in [1.165, 1.54) is 6.07 Å². The van der Waals surface area contributed by atoms with E-state index >= 15 is 0 Å². The normalized spacial score (nSPS) is 10.5. The predicted molar refractivity (Wildman–Crippen MR) is 49.2 cm³/mol. The van der Waals surface area contributed by atoms with Crippen LogP contribution in [0.1, 0.15) is 12.5 Å². The number of hydrogen-bond acceptors (Lipinski definition) is 0. The second-order valence-corrected chi connectivity index (χ2v) is 2.94. The maximum Gasteiger partial charge on any atom is 0.162 e. The van der Waals surface area contributed by atoms with Crippen LogP contribution in [-0.2, 0) is 6.42 Å². The van der Waals surface area contributed by atoms with Gasteiger partial charge < -0.3 is 0 Å². The number of rotatable bonds is 3. The molecule has 0 aliphatic heterocycles. The van der Waals surface area contributed by atoms with Crippen molar-refractivity contribution in [2.75, 3.05) is 0 Å². The molecular weight excluding hydrogens is 170 g/mol. The fourth-order valence-corrected chi connectivity index (χ4v) is 1.06. The summed E-state index contributed by atoms with van der Waals surface area (Å²) < 4.78 is 25.8. The Kier molecular flexibility index (Phi) is 3.18. The molecule has 2 heteroatoms. The number of benzene rings is 1. The lowest BCUT2D eigenvalue weighted by Gasteiger charge is -2.06. The molecule has 0 spiro atoms. The average Bonchev–Trinajstić information content (AvgIpc) is 2.13. The molecule has 0 bridgehead atoms. The predicted octanol–water partition coefficient (Wildman–Crippen LogP) is 3.29. The third-order valence-corrected chi connectivity index (χ3v) is 1.85. The van der Waals surface area contributed by atoms with Crippen LogP contribution in [0.15, 0.2) is 30.9 Å². The molecule has 1 radical (unpaired) electrons. The third-order valence-electron chi connectivity index (χ3n) is 1.85. The Morgan fingerprint density at radius 2 is 2.15 bits per heavy atom. The summed E-state index contributed by atoms with van der Waals surface area (Å²) in [6.07, 6.45) is 2.05. The Balaban J connectivity index is 2.88. The average molecular weight is 181 g/mol. The van der Waals surface area contributed by atoms with Crippen LogP contribution in [0.5, 0.6) is 0 Å². The second-order valence-electron chi connectivity index (χ2n) is 2.94. The summed E-state index contributed by atoms with van der Waals surface area (Å²) in [5, 5.41) is 0. The molecule has 13 heavy (non-hydrogen) atoms. The van der Waals surface area contributed by atoms with Crippen molar-refractivity contribution in [3.8, 4) is 0 Å².